The van der Waals surface area contributed by atoms with Gasteiger partial charge in [-0.15, -0.1) is 0 Å². The van der Waals surface area contributed by atoms with Crippen LogP contribution >= 0.6 is 0 Å². The molecule has 3 rings (SSSR count). The molecule has 2 aromatic rings. The summed E-state index contributed by atoms with van der Waals surface area (Å²) < 4.78 is 10.5. The molecular weight excluding hydrogens is 286 g/mol. The molecule has 3 heteroatoms. The van der Waals surface area contributed by atoms with Crippen LogP contribution in [0.25, 0.3) is 5.57 Å². The van der Waals surface area contributed by atoms with Gasteiger partial charge in [0.05, 0.1) is 20.3 Å². The second-order valence-corrected chi connectivity index (χ2v) is 5.74. The van der Waals surface area contributed by atoms with E-state index in [-0.39, 0.29) is 0 Å². The molecule has 0 unspecified atom stereocenters. The van der Waals surface area contributed by atoms with Gasteiger partial charge < -0.3 is 14.8 Å². The van der Waals surface area contributed by atoms with Crippen LogP contribution in [0.2, 0.25) is 0 Å². The third-order valence-electron chi connectivity index (χ3n) is 4.29. The predicted molar refractivity (Wildman–Crippen MR) is 95.2 cm³/mol. The molecule has 1 aliphatic carbocycles. The molecule has 0 heterocycles. The average molecular weight is 309 g/mol. The summed E-state index contributed by atoms with van der Waals surface area (Å²) in [6.07, 6.45) is 5.85. The summed E-state index contributed by atoms with van der Waals surface area (Å²) in [5, 5.41) is 3.65. The number of benzene rings is 2. The molecule has 0 bridgehead atoms. The highest BCUT2D eigenvalue weighted by Gasteiger charge is 2.19. The molecule has 1 N–H and O–H groups in total. The highest BCUT2D eigenvalue weighted by Crippen LogP contribution is 2.31. The van der Waals surface area contributed by atoms with Crippen molar-refractivity contribution in [3.8, 4) is 11.5 Å². The first kappa shape index (κ1) is 15.5. The Balaban J connectivity index is 1.78. The summed E-state index contributed by atoms with van der Waals surface area (Å²) in [5.74, 6) is 1.77. The third-order valence-corrected chi connectivity index (χ3v) is 4.29. The number of allylic oxidation sites excluding steroid dienone is 1. The highest BCUT2D eigenvalue weighted by atomic mass is 16.5. The van der Waals surface area contributed by atoms with Crippen LogP contribution in [0.3, 0.4) is 0 Å². The molecule has 2 aromatic carbocycles. The largest absolute Gasteiger partial charge is 0.497 e. The number of anilines is 1. The van der Waals surface area contributed by atoms with Gasteiger partial charge in [0.2, 0.25) is 0 Å². The molecule has 1 atom stereocenters. The minimum absolute atomic E-state index is 0.338. The molecule has 0 saturated heterocycles. The predicted octanol–water partition coefficient (Wildman–Crippen LogP) is 4.75. The first-order valence-electron chi connectivity index (χ1n) is 8.05. The molecular formula is C20H23NO2. The van der Waals surface area contributed by atoms with Crippen molar-refractivity contribution in [3.05, 3.63) is 60.2 Å². The molecule has 0 aromatic heterocycles. The van der Waals surface area contributed by atoms with E-state index in [9.17, 15) is 0 Å². The molecule has 0 fully saturated rings. The smallest absolute Gasteiger partial charge is 0.119 e. The summed E-state index contributed by atoms with van der Waals surface area (Å²) in [6.45, 7) is 0. The topological polar surface area (TPSA) is 30.5 Å². The lowest BCUT2D eigenvalue weighted by Crippen LogP contribution is -2.23. The maximum absolute atomic E-state index is 5.25. The molecule has 0 saturated carbocycles. The van der Waals surface area contributed by atoms with E-state index in [4.69, 9.17) is 9.47 Å². The lowest BCUT2D eigenvalue weighted by Gasteiger charge is -2.27. The van der Waals surface area contributed by atoms with Crippen LogP contribution in [0.15, 0.2) is 54.6 Å². The SMILES string of the molecule is COc1ccc(N[C@H]2CCCC=C2c2ccc(OC)cc2)cc1. The van der Waals surface area contributed by atoms with Gasteiger partial charge >= 0.3 is 0 Å². The van der Waals surface area contributed by atoms with Gasteiger partial charge in [0, 0.05) is 5.69 Å². The van der Waals surface area contributed by atoms with Crippen molar-refractivity contribution in [2.24, 2.45) is 0 Å². The van der Waals surface area contributed by atoms with Crippen LogP contribution < -0.4 is 14.8 Å². The van der Waals surface area contributed by atoms with Gasteiger partial charge in [0.1, 0.15) is 11.5 Å². The molecule has 23 heavy (non-hydrogen) atoms. The second-order valence-electron chi connectivity index (χ2n) is 5.74. The van der Waals surface area contributed by atoms with Gasteiger partial charge in [-0.1, -0.05) is 18.2 Å². The standard InChI is InChI=1S/C20H23NO2/c1-22-17-11-7-15(8-12-17)19-5-3-4-6-20(19)21-16-9-13-18(23-2)14-10-16/h5,7-14,20-21H,3-4,6H2,1-2H3/t20-/m0/s1. The van der Waals surface area contributed by atoms with Crippen LogP contribution in [0, 0.1) is 0 Å². The molecule has 0 spiro atoms. The van der Waals surface area contributed by atoms with E-state index < -0.39 is 0 Å². The second kappa shape index (κ2) is 7.23. The Morgan fingerprint density at radius 2 is 1.48 bits per heavy atom. The van der Waals surface area contributed by atoms with Gasteiger partial charge in [0.25, 0.3) is 0 Å². The Labute approximate surface area is 137 Å². The first-order chi connectivity index (χ1) is 11.3. The average Bonchev–Trinajstić information content (AvgIpc) is 2.63. The molecule has 0 aliphatic heterocycles. The first-order valence-corrected chi connectivity index (χ1v) is 8.05. The number of ether oxygens (including phenoxy) is 2. The fourth-order valence-electron chi connectivity index (χ4n) is 3.02. The van der Waals surface area contributed by atoms with Crippen LogP contribution in [0.1, 0.15) is 24.8 Å². The summed E-state index contributed by atoms with van der Waals surface area (Å²) in [6, 6.07) is 16.8. The van der Waals surface area contributed by atoms with Gasteiger partial charge in [0.15, 0.2) is 0 Å². The maximum Gasteiger partial charge on any atom is 0.119 e. The summed E-state index contributed by atoms with van der Waals surface area (Å²) in [7, 11) is 3.39. The number of hydrogen-bond acceptors (Lipinski definition) is 3. The molecule has 120 valence electrons. The Morgan fingerprint density at radius 1 is 0.870 bits per heavy atom. The fourth-order valence-corrected chi connectivity index (χ4v) is 3.02. The third kappa shape index (κ3) is 3.67. The van der Waals surface area contributed by atoms with E-state index >= 15 is 0 Å². The monoisotopic (exact) mass is 309 g/mol. The molecule has 0 radical (unpaired) electrons. The Morgan fingerprint density at radius 3 is 2.09 bits per heavy atom. The van der Waals surface area contributed by atoms with Crippen LogP contribution in [-0.4, -0.2) is 20.3 Å². The minimum atomic E-state index is 0.338. The Bertz CT molecular complexity index is 659. The summed E-state index contributed by atoms with van der Waals surface area (Å²) in [5.41, 5.74) is 3.75. The van der Waals surface area contributed by atoms with E-state index in [1.165, 1.54) is 17.6 Å². The van der Waals surface area contributed by atoms with Gasteiger partial charge in [-0.25, -0.2) is 0 Å². The van der Waals surface area contributed by atoms with Gasteiger partial charge in [-0.2, -0.15) is 0 Å². The fraction of sp³-hybridized carbons (Fsp3) is 0.300. The van der Waals surface area contributed by atoms with Crippen molar-refractivity contribution in [3.63, 3.8) is 0 Å². The normalized spacial score (nSPS) is 17.3. The quantitative estimate of drug-likeness (QED) is 0.864. The van der Waals surface area contributed by atoms with Crippen molar-refractivity contribution < 1.29 is 9.47 Å². The van der Waals surface area contributed by atoms with Crippen molar-refractivity contribution in [1.82, 2.24) is 0 Å². The van der Waals surface area contributed by atoms with Crippen molar-refractivity contribution in [2.75, 3.05) is 19.5 Å². The van der Waals surface area contributed by atoms with Crippen molar-refractivity contribution in [2.45, 2.75) is 25.3 Å². The lowest BCUT2D eigenvalue weighted by molar-refractivity contribution is 0.414. The van der Waals surface area contributed by atoms with E-state index in [1.54, 1.807) is 14.2 Å². The number of nitrogens with one attached hydrogen (secondary N) is 1. The Hall–Kier alpha value is -2.42. The van der Waals surface area contributed by atoms with E-state index in [0.29, 0.717) is 6.04 Å². The number of hydrogen-bond donors (Lipinski definition) is 1. The zero-order valence-electron chi connectivity index (χ0n) is 13.7. The summed E-state index contributed by atoms with van der Waals surface area (Å²) >= 11 is 0. The van der Waals surface area contributed by atoms with Gasteiger partial charge in [-0.3, -0.25) is 0 Å². The summed E-state index contributed by atoms with van der Waals surface area (Å²) in [4.78, 5) is 0. The van der Waals surface area contributed by atoms with Gasteiger partial charge in [-0.05, 0) is 66.8 Å². The number of rotatable bonds is 5. The molecule has 0 amide bonds. The minimum Gasteiger partial charge on any atom is -0.497 e. The van der Waals surface area contributed by atoms with Crippen LogP contribution in [0.5, 0.6) is 11.5 Å². The maximum atomic E-state index is 5.25. The zero-order chi connectivity index (χ0) is 16.1. The Kier molecular flexibility index (Phi) is 4.86. The molecule has 3 nitrogen and oxygen atoms in total. The van der Waals surface area contributed by atoms with Crippen molar-refractivity contribution in [1.29, 1.82) is 0 Å². The highest BCUT2D eigenvalue weighted by molar-refractivity contribution is 5.73. The van der Waals surface area contributed by atoms with Crippen molar-refractivity contribution >= 4 is 11.3 Å². The zero-order valence-corrected chi connectivity index (χ0v) is 13.7. The van der Waals surface area contributed by atoms with Crippen LogP contribution in [-0.2, 0) is 0 Å². The van der Waals surface area contributed by atoms with Crippen LogP contribution in [0.4, 0.5) is 5.69 Å². The van der Waals surface area contributed by atoms with E-state index in [1.807, 2.05) is 24.3 Å². The molecule has 1 aliphatic rings. The van der Waals surface area contributed by atoms with E-state index in [0.717, 1.165) is 30.0 Å². The lowest BCUT2D eigenvalue weighted by atomic mass is 9.89. The van der Waals surface area contributed by atoms with E-state index in [2.05, 4.69) is 35.7 Å². The number of methoxy groups -OCH3 is 2.